The molecule has 3 saturated heterocycles. The van der Waals surface area contributed by atoms with Crippen LogP contribution in [0.1, 0.15) is 44.6 Å². The van der Waals surface area contributed by atoms with E-state index in [1.54, 1.807) is 0 Å². The number of carbonyl (C=O) groups excluding carboxylic acids is 1. The third-order valence-electron chi connectivity index (χ3n) is 7.52. The van der Waals surface area contributed by atoms with Gasteiger partial charge in [-0.05, 0) is 83.7 Å². The normalized spacial score (nSPS) is 25.5. The molecule has 4 rings (SSSR count). The van der Waals surface area contributed by atoms with Gasteiger partial charge in [0.15, 0.2) is 0 Å². The van der Waals surface area contributed by atoms with E-state index in [9.17, 15) is 4.79 Å². The summed E-state index contributed by atoms with van der Waals surface area (Å²) in [6.07, 6.45) is 7.12. The molecule has 166 valence electrons. The number of piperazine rings is 1. The predicted molar refractivity (Wildman–Crippen MR) is 123 cm³/mol. The van der Waals surface area contributed by atoms with Gasteiger partial charge in [-0.3, -0.25) is 4.79 Å². The molecule has 30 heavy (non-hydrogen) atoms. The Labute approximate surface area is 182 Å². The number of rotatable bonds is 6. The van der Waals surface area contributed by atoms with E-state index in [1.807, 2.05) is 0 Å². The van der Waals surface area contributed by atoms with Gasteiger partial charge in [0.2, 0.25) is 5.91 Å². The van der Waals surface area contributed by atoms with Gasteiger partial charge in [-0.25, -0.2) is 0 Å². The highest BCUT2D eigenvalue weighted by atomic mass is 16.2. The number of amides is 1. The summed E-state index contributed by atoms with van der Waals surface area (Å²) in [6, 6.07) is 11.9. The highest BCUT2D eigenvalue weighted by Gasteiger charge is 2.34. The first-order chi connectivity index (χ1) is 14.7. The topological polar surface area (TPSA) is 38.8 Å². The molecule has 1 atom stereocenters. The van der Waals surface area contributed by atoms with Crippen molar-refractivity contribution in [2.24, 2.45) is 5.92 Å². The maximum atomic E-state index is 13.0. The van der Waals surface area contributed by atoms with Gasteiger partial charge < -0.3 is 20.0 Å². The van der Waals surface area contributed by atoms with E-state index in [0.29, 0.717) is 11.9 Å². The first kappa shape index (κ1) is 21.8. The molecule has 0 saturated carbocycles. The van der Waals surface area contributed by atoms with Crippen LogP contribution in [0.4, 0.5) is 0 Å². The summed E-state index contributed by atoms with van der Waals surface area (Å²) >= 11 is 0. The lowest BCUT2D eigenvalue weighted by Gasteiger charge is -2.43. The van der Waals surface area contributed by atoms with Crippen molar-refractivity contribution >= 4 is 5.91 Å². The molecular formula is C25H40N4O. The van der Waals surface area contributed by atoms with Gasteiger partial charge in [0, 0.05) is 37.6 Å². The quantitative estimate of drug-likeness (QED) is 0.780. The molecule has 0 radical (unpaired) electrons. The molecule has 1 aromatic rings. The van der Waals surface area contributed by atoms with E-state index < -0.39 is 0 Å². The van der Waals surface area contributed by atoms with Gasteiger partial charge in [-0.15, -0.1) is 0 Å². The zero-order chi connectivity index (χ0) is 20.8. The van der Waals surface area contributed by atoms with Crippen LogP contribution in [0.25, 0.3) is 0 Å². The third kappa shape index (κ3) is 5.63. The lowest BCUT2D eigenvalue weighted by Crippen LogP contribution is -2.55. The van der Waals surface area contributed by atoms with Gasteiger partial charge in [0.1, 0.15) is 0 Å². The van der Waals surface area contributed by atoms with E-state index in [4.69, 9.17) is 0 Å². The van der Waals surface area contributed by atoms with E-state index in [-0.39, 0.29) is 5.92 Å². The Kier molecular flexibility index (Phi) is 7.80. The second kappa shape index (κ2) is 10.7. The maximum absolute atomic E-state index is 13.0. The van der Waals surface area contributed by atoms with E-state index >= 15 is 0 Å². The van der Waals surface area contributed by atoms with Crippen molar-refractivity contribution in [3.05, 3.63) is 35.9 Å². The van der Waals surface area contributed by atoms with Crippen LogP contribution in [0.2, 0.25) is 0 Å². The first-order valence-corrected chi connectivity index (χ1v) is 12.2. The molecule has 0 spiro atoms. The average Bonchev–Trinajstić information content (AvgIpc) is 2.80. The third-order valence-corrected chi connectivity index (χ3v) is 7.52. The smallest absolute Gasteiger partial charge is 0.226 e. The van der Waals surface area contributed by atoms with Crippen molar-refractivity contribution in [3.8, 4) is 0 Å². The van der Waals surface area contributed by atoms with Crippen LogP contribution < -0.4 is 5.32 Å². The van der Waals surface area contributed by atoms with Gasteiger partial charge in [-0.1, -0.05) is 30.3 Å². The second-order valence-electron chi connectivity index (χ2n) is 9.56. The Morgan fingerprint density at radius 3 is 2.43 bits per heavy atom. The summed E-state index contributed by atoms with van der Waals surface area (Å²) in [7, 11) is 0. The van der Waals surface area contributed by atoms with Crippen LogP contribution >= 0.6 is 0 Å². The molecule has 1 unspecified atom stereocenters. The minimum absolute atomic E-state index is 0.250. The molecule has 1 N–H and O–H groups in total. The fourth-order valence-corrected chi connectivity index (χ4v) is 5.57. The van der Waals surface area contributed by atoms with Gasteiger partial charge >= 0.3 is 0 Å². The number of carbonyl (C=O) groups is 1. The molecule has 3 aliphatic heterocycles. The Balaban J connectivity index is 1.14. The number of nitrogens with one attached hydrogen (secondary N) is 1. The summed E-state index contributed by atoms with van der Waals surface area (Å²) in [5.41, 5.74) is 1.46. The fourth-order valence-electron chi connectivity index (χ4n) is 5.57. The summed E-state index contributed by atoms with van der Waals surface area (Å²) in [5.74, 6) is 0.664. The predicted octanol–water partition coefficient (Wildman–Crippen LogP) is 2.62. The van der Waals surface area contributed by atoms with Crippen molar-refractivity contribution in [2.45, 2.75) is 57.5 Å². The Morgan fingerprint density at radius 2 is 1.73 bits per heavy atom. The second-order valence-corrected chi connectivity index (χ2v) is 9.56. The molecule has 0 bridgehead atoms. The molecule has 3 aliphatic rings. The Bertz CT molecular complexity index is 650. The fraction of sp³-hybridized carbons (Fsp3) is 0.720. The standard InChI is InChI=1S/C25H40N4O/c1-21-20-26-13-19-29(21)25(30)23-9-17-28(18-10-23)24-11-15-27(16-12-24)14-5-8-22-6-3-2-4-7-22/h2-4,6-7,21,23-24,26H,5,8-20H2,1H3. The van der Waals surface area contributed by atoms with Crippen molar-refractivity contribution in [2.75, 3.05) is 52.4 Å². The number of hydrogen-bond donors (Lipinski definition) is 1. The number of benzene rings is 1. The highest BCUT2D eigenvalue weighted by molar-refractivity contribution is 5.79. The van der Waals surface area contributed by atoms with E-state index in [2.05, 4.69) is 57.3 Å². The van der Waals surface area contributed by atoms with Gasteiger partial charge in [-0.2, -0.15) is 0 Å². The number of hydrogen-bond acceptors (Lipinski definition) is 4. The molecule has 1 amide bonds. The Hall–Kier alpha value is -1.43. The van der Waals surface area contributed by atoms with Gasteiger partial charge in [0.05, 0.1) is 0 Å². The van der Waals surface area contributed by atoms with Gasteiger partial charge in [0.25, 0.3) is 0 Å². The molecule has 3 fully saturated rings. The summed E-state index contributed by atoms with van der Waals surface area (Å²) in [5, 5.41) is 3.39. The van der Waals surface area contributed by atoms with Crippen LogP contribution in [0.3, 0.4) is 0 Å². The molecule has 3 heterocycles. The molecule has 0 aromatic heterocycles. The summed E-state index contributed by atoms with van der Waals surface area (Å²) < 4.78 is 0. The number of nitrogens with zero attached hydrogens (tertiary/aromatic N) is 3. The molecule has 5 nitrogen and oxygen atoms in total. The lowest BCUT2D eigenvalue weighted by atomic mass is 9.91. The highest BCUT2D eigenvalue weighted by Crippen LogP contribution is 2.26. The van der Waals surface area contributed by atoms with Crippen LogP contribution in [0, 0.1) is 5.92 Å². The molecule has 0 aliphatic carbocycles. The van der Waals surface area contributed by atoms with Crippen molar-refractivity contribution < 1.29 is 4.79 Å². The number of aryl methyl sites for hydroxylation is 1. The molecular weight excluding hydrogens is 372 g/mol. The summed E-state index contributed by atoms with van der Waals surface area (Å²) in [4.78, 5) is 20.4. The van der Waals surface area contributed by atoms with Crippen molar-refractivity contribution in [3.63, 3.8) is 0 Å². The van der Waals surface area contributed by atoms with Crippen LogP contribution in [-0.2, 0) is 11.2 Å². The van der Waals surface area contributed by atoms with E-state index in [1.165, 1.54) is 50.9 Å². The van der Waals surface area contributed by atoms with Crippen LogP contribution in [0.5, 0.6) is 0 Å². The van der Waals surface area contributed by atoms with Crippen LogP contribution in [0.15, 0.2) is 30.3 Å². The molecule has 5 heteroatoms. The van der Waals surface area contributed by atoms with Crippen molar-refractivity contribution in [1.29, 1.82) is 0 Å². The minimum atomic E-state index is 0.250. The molecule has 1 aromatic carbocycles. The number of piperidine rings is 2. The zero-order valence-electron chi connectivity index (χ0n) is 18.8. The van der Waals surface area contributed by atoms with Crippen LogP contribution in [-0.4, -0.2) is 85.0 Å². The average molecular weight is 413 g/mol. The number of likely N-dealkylation sites (tertiary alicyclic amines) is 2. The largest absolute Gasteiger partial charge is 0.337 e. The summed E-state index contributed by atoms with van der Waals surface area (Å²) in [6.45, 7) is 10.8. The zero-order valence-corrected chi connectivity index (χ0v) is 18.8. The SMILES string of the molecule is CC1CNCCN1C(=O)C1CCN(C2CCN(CCCc3ccccc3)CC2)CC1. The minimum Gasteiger partial charge on any atom is -0.337 e. The van der Waals surface area contributed by atoms with E-state index in [0.717, 1.165) is 51.6 Å². The Morgan fingerprint density at radius 1 is 1.00 bits per heavy atom. The maximum Gasteiger partial charge on any atom is 0.226 e. The monoisotopic (exact) mass is 412 g/mol. The lowest BCUT2D eigenvalue weighted by molar-refractivity contribution is -0.140. The first-order valence-electron chi connectivity index (χ1n) is 12.2. The van der Waals surface area contributed by atoms with Crippen molar-refractivity contribution in [1.82, 2.24) is 20.0 Å².